The molecule has 0 atom stereocenters. The van der Waals surface area contributed by atoms with Crippen LogP contribution in [0.4, 0.5) is 8.78 Å². The number of carbonyl (C=O) groups excluding carboxylic acids is 1. The maximum atomic E-state index is 13.5. The predicted octanol–water partition coefficient (Wildman–Crippen LogP) is 3.26. The highest BCUT2D eigenvalue weighted by molar-refractivity contribution is 7.89. The molecule has 1 aliphatic heterocycles. The molecule has 2 heterocycles. The molecule has 2 aromatic carbocycles. The summed E-state index contributed by atoms with van der Waals surface area (Å²) >= 11 is 6.43. The first-order valence-electron chi connectivity index (χ1n) is 9.74. The van der Waals surface area contributed by atoms with Gasteiger partial charge in [-0.15, -0.1) is 0 Å². The number of benzene rings is 2. The molecule has 0 N–H and O–H groups in total. The van der Waals surface area contributed by atoms with Crippen LogP contribution in [0, 0.1) is 18.6 Å². The van der Waals surface area contributed by atoms with Crippen molar-refractivity contribution in [2.45, 2.75) is 11.8 Å². The number of hydrogen-bond acceptors (Lipinski definition) is 4. The fourth-order valence-corrected chi connectivity index (χ4v) is 5.37. The lowest BCUT2D eigenvalue weighted by atomic mass is 10.2. The van der Waals surface area contributed by atoms with Crippen LogP contribution in [0.3, 0.4) is 0 Å². The van der Waals surface area contributed by atoms with Gasteiger partial charge in [0.1, 0.15) is 16.8 Å². The van der Waals surface area contributed by atoms with E-state index in [9.17, 15) is 22.0 Å². The SMILES string of the molecule is Cc1nn(-c2ccc(F)cc2)c(Cl)c1C(=O)N1CCN(S(=O)(=O)c2cccc(F)c2)CC1. The number of amides is 1. The number of hydrogen-bond donors (Lipinski definition) is 0. The first-order chi connectivity index (χ1) is 15.2. The Morgan fingerprint density at radius 2 is 1.66 bits per heavy atom. The van der Waals surface area contributed by atoms with Crippen molar-refractivity contribution in [1.29, 1.82) is 0 Å². The molecule has 3 aromatic rings. The third kappa shape index (κ3) is 4.13. The zero-order valence-electron chi connectivity index (χ0n) is 17.0. The Kier molecular flexibility index (Phi) is 6.02. The van der Waals surface area contributed by atoms with E-state index in [-0.39, 0.29) is 47.7 Å². The average molecular weight is 481 g/mol. The summed E-state index contributed by atoms with van der Waals surface area (Å²) in [5, 5.41) is 4.39. The summed E-state index contributed by atoms with van der Waals surface area (Å²) < 4.78 is 54.8. The van der Waals surface area contributed by atoms with Gasteiger partial charge in [-0.05, 0) is 49.4 Å². The molecule has 11 heteroatoms. The Morgan fingerprint density at radius 1 is 1.00 bits per heavy atom. The van der Waals surface area contributed by atoms with Crippen LogP contribution in [0.25, 0.3) is 5.69 Å². The van der Waals surface area contributed by atoms with Crippen LogP contribution >= 0.6 is 11.6 Å². The topological polar surface area (TPSA) is 75.5 Å². The summed E-state index contributed by atoms with van der Waals surface area (Å²) in [4.78, 5) is 14.5. The number of sulfonamides is 1. The normalized spacial score (nSPS) is 15.2. The van der Waals surface area contributed by atoms with Gasteiger partial charge in [0.25, 0.3) is 5.91 Å². The van der Waals surface area contributed by atoms with E-state index >= 15 is 0 Å². The molecule has 0 unspecified atom stereocenters. The molecule has 1 aliphatic rings. The van der Waals surface area contributed by atoms with Gasteiger partial charge in [-0.1, -0.05) is 17.7 Å². The van der Waals surface area contributed by atoms with Crippen LogP contribution in [0.15, 0.2) is 53.4 Å². The van der Waals surface area contributed by atoms with Gasteiger partial charge in [0, 0.05) is 26.2 Å². The predicted molar refractivity (Wildman–Crippen MR) is 114 cm³/mol. The van der Waals surface area contributed by atoms with Crippen LogP contribution in [-0.4, -0.2) is 59.5 Å². The molecule has 32 heavy (non-hydrogen) atoms. The fraction of sp³-hybridized carbons (Fsp3) is 0.238. The second-order valence-corrected chi connectivity index (χ2v) is 9.59. The highest BCUT2D eigenvalue weighted by atomic mass is 35.5. The first-order valence-corrected chi connectivity index (χ1v) is 11.6. The lowest BCUT2D eigenvalue weighted by molar-refractivity contribution is 0.0697. The zero-order chi connectivity index (χ0) is 23.0. The van der Waals surface area contributed by atoms with Crippen molar-refractivity contribution >= 4 is 27.5 Å². The highest BCUT2D eigenvalue weighted by Gasteiger charge is 2.33. The molecule has 1 saturated heterocycles. The summed E-state index contributed by atoms with van der Waals surface area (Å²) in [5.74, 6) is -1.41. The largest absolute Gasteiger partial charge is 0.336 e. The summed E-state index contributed by atoms with van der Waals surface area (Å²) in [6.07, 6.45) is 0. The van der Waals surface area contributed by atoms with Crippen molar-refractivity contribution < 1.29 is 22.0 Å². The van der Waals surface area contributed by atoms with Gasteiger partial charge in [0.15, 0.2) is 0 Å². The van der Waals surface area contributed by atoms with E-state index in [1.54, 1.807) is 6.92 Å². The molecule has 0 saturated carbocycles. The Labute approximate surface area is 188 Å². The van der Waals surface area contributed by atoms with Crippen molar-refractivity contribution in [3.05, 3.63) is 76.6 Å². The van der Waals surface area contributed by atoms with E-state index in [1.165, 1.54) is 56.4 Å². The average Bonchev–Trinajstić information content (AvgIpc) is 3.07. The molecule has 1 amide bonds. The Bertz CT molecular complexity index is 1270. The quantitative estimate of drug-likeness (QED) is 0.574. The van der Waals surface area contributed by atoms with Gasteiger partial charge < -0.3 is 4.90 Å². The fourth-order valence-electron chi connectivity index (χ4n) is 3.56. The number of aryl methyl sites for hydroxylation is 1. The van der Waals surface area contributed by atoms with Crippen molar-refractivity contribution in [3.8, 4) is 5.69 Å². The van der Waals surface area contributed by atoms with Crippen LogP contribution in [0.1, 0.15) is 16.1 Å². The summed E-state index contributed by atoms with van der Waals surface area (Å²) in [5.41, 5.74) is 1.11. The first kappa shape index (κ1) is 22.4. The Hall–Kier alpha value is -2.82. The molecule has 1 aromatic heterocycles. The van der Waals surface area contributed by atoms with E-state index < -0.39 is 21.7 Å². The number of aromatic nitrogens is 2. The monoisotopic (exact) mass is 480 g/mol. The molecule has 168 valence electrons. The summed E-state index contributed by atoms with van der Waals surface area (Å²) in [7, 11) is -3.87. The van der Waals surface area contributed by atoms with Gasteiger partial charge in [-0.3, -0.25) is 4.79 Å². The zero-order valence-corrected chi connectivity index (χ0v) is 18.6. The third-order valence-corrected chi connectivity index (χ3v) is 7.49. The standard InChI is InChI=1S/C21H19ClF2N4O3S/c1-14-19(20(22)28(25-14)17-7-5-15(23)6-8-17)21(29)26-9-11-27(12-10-26)32(30,31)18-4-2-3-16(24)13-18/h2-8,13H,9-12H2,1H3. The molecular formula is C21H19ClF2N4O3S. The minimum Gasteiger partial charge on any atom is -0.336 e. The lowest BCUT2D eigenvalue weighted by Gasteiger charge is -2.34. The van der Waals surface area contributed by atoms with Crippen molar-refractivity contribution in [1.82, 2.24) is 19.0 Å². The van der Waals surface area contributed by atoms with E-state index in [2.05, 4.69) is 5.10 Å². The molecule has 1 fully saturated rings. The highest BCUT2D eigenvalue weighted by Crippen LogP contribution is 2.26. The Balaban J connectivity index is 1.51. The molecule has 0 aliphatic carbocycles. The van der Waals surface area contributed by atoms with Crippen LogP contribution < -0.4 is 0 Å². The minimum absolute atomic E-state index is 0.0628. The van der Waals surface area contributed by atoms with E-state index in [0.29, 0.717) is 11.4 Å². The second-order valence-electron chi connectivity index (χ2n) is 7.29. The van der Waals surface area contributed by atoms with Crippen molar-refractivity contribution in [3.63, 3.8) is 0 Å². The minimum atomic E-state index is -3.87. The van der Waals surface area contributed by atoms with E-state index in [0.717, 1.165) is 6.07 Å². The number of halogens is 3. The number of piperazine rings is 1. The smallest absolute Gasteiger partial charge is 0.259 e. The second kappa shape index (κ2) is 8.61. The van der Waals surface area contributed by atoms with Gasteiger partial charge >= 0.3 is 0 Å². The summed E-state index contributed by atoms with van der Waals surface area (Å²) in [6.45, 7) is 2.06. The number of nitrogens with zero attached hydrogens (tertiary/aromatic N) is 4. The maximum absolute atomic E-state index is 13.5. The Morgan fingerprint density at radius 3 is 2.28 bits per heavy atom. The molecular weight excluding hydrogens is 462 g/mol. The number of carbonyl (C=O) groups is 1. The van der Waals surface area contributed by atoms with Gasteiger partial charge in [0.05, 0.1) is 21.8 Å². The maximum Gasteiger partial charge on any atom is 0.259 e. The van der Waals surface area contributed by atoms with Gasteiger partial charge in [-0.2, -0.15) is 9.40 Å². The molecule has 0 bridgehead atoms. The van der Waals surface area contributed by atoms with Gasteiger partial charge in [-0.25, -0.2) is 21.9 Å². The van der Waals surface area contributed by atoms with Gasteiger partial charge in [0.2, 0.25) is 10.0 Å². The van der Waals surface area contributed by atoms with E-state index in [4.69, 9.17) is 11.6 Å². The molecule has 7 nitrogen and oxygen atoms in total. The van der Waals surface area contributed by atoms with Crippen molar-refractivity contribution in [2.24, 2.45) is 0 Å². The van der Waals surface area contributed by atoms with Crippen LogP contribution in [-0.2, 0) is 10.0 Å². The molecule has 0 radical (unpaired) electrons. The van der Waals surface area contributed by atoms with Crippen molar-refractivity contribution in [2.75, 3.05) is 26.2 Å². The van der Waals surface area contributed by atoms with Crippen LogP contribution in [0.2, 0.25) is 5.15 Å². The number of rotatable bonds is 4. The van der Waals surface area contributed by atoms with Crippen LogP contribution in [0.5, 0.6) is 0 Å². The summed E-state index contributed by atoms with van der Waals surface area (Å²) in [6, 6.07) is 10.4. The molecule has 4 rings (SSSR count). The van der Waals surface area contributed by atoms with E-state index in [1.807, 2.05) is 0 Å². The molecule has 0 spiro atoms. The third-order valence-electron chi connectivity index (χ3n) is 5.25. The lowest BCUT2D eigenvalue weighted by Crippen LogP contribution is -2.50.